The Morgan fingerprint density at radius 1 is 1.15 bits per heavy atom. The van der Waals surface area contributed by atoms with E-state index in [9.17, 15) is 14.7 Å². The summed E-state index contributed by atoms with van der Waals surface area (Å²) in [5.41, 5.74) is -0.991. The monoisotopic (exact) mass is 285 g/mol. The number of carboxylic acid groups (broad SMARTS) is 1. The molecule has 0 spiro atoms. The van der Waals surface area contributed by atoms with E-state index in [0.717, 1.165) is 25.8 Å². The third kappa shape index (κ3) is 5.14. The van der Waals surface area contributed by atoms with Crippen molar-refractivity contribution in [2.45, 2.75) is 73.3 Å². The summed E-state index contributed by atoms with van der Waals surface area (Å²) in [6.07, 6.45) is 3.26. The van der Waals surface area contributed by atoms with Crippen LogP contribution in [0.1, 0.15) is 67.2 Å². The zero-order valence-corrected chi connectivity index (χ0v) is 13.9. The van der Waals surface area contributed by atoms with Gasteiger partial charge in [0, 0.05) is 19.0 Å². The number of hydrogen-bond acceptors (Lipinski definition) is 2. The van der Waals surface area contributed by atoms with Crippen LogP contribution in [-0.4, -0.2) is 34.5 Å². The zero-order valence-electron chi connectivity index (χ0n) is 13.9. The molecule has 1 N–H and O–H groups in total. The highest BCUT2D eigenvalue weighted by Crippen LogP contribution is 2.32. The molecule has 4 heteroatoms. The fraction of sp³-hybridized carbons (Fsp3) is 0.875. The summed E-state index contributed by atoms with van der Waals surface area (Å²) in [6, 6.07) is 0.115. The summed E-state index contributed by atoms with van der Waals surface area (Å²) in [4.78, 5) is 25.8. The molecule has 0 radical (unpaired) electrons. The van der Waals surface area contributed by atoms with E-state index in [-0.39, 0.29) is 24.3 Å². The summed E-state index contributed by atoms with van der Waals surface area (Å²) >= 11 is 0. The first-order valence-corrected chi connectivity index (χ1v) is 7.69. The lowest BCUT2D eigenvalue weighted by Gasteiger charge is -2.33. The number of unbranched alkanes of at least 4 members (excludes halogenated alkanes) is 2. The summed E-state index contributed by atoms with van der Waals surface area (Å²) in [5, 5.41) is 9.42. The molecule has 1 atom stereocenters. The standard InChI is InChI=1S/C16H31NO3/c1-7-8-9-10-17(13(4)5)14(18)11-16(6,12(2)3)15(19)20/h12-13H,7-11H2,1-6H3,(H,19,20). The molecule has 1 unspecified atom stereocenters. The SMILES string of the molecule is CCCCCN(C(=O)CC(C)(C(=O)O)C(C)C)C(C)C. The van der Waals surface area contributed by atoms with Gasteiger partial charge in [-0.2, -0.15) is 0 Å². The molecule has 0 aromatic heterocycles. The Hall–Kier alpha value is -1.06. The van der Waals surface area contributed by atoms with Gasteiger partial charge in [-0.15, -0.1) is 0 Å². The van der Waals surface area contributed by atoms with Gasteiger partial charge in [0.15, 0.2) is 0 Å². The van der Waals surface area contributed by atoms with Crippen LogP contribution < -0.4 is 0 Å². The first kappa shape index (κ1) is 18.9. The number of carbonyl (C=O) groups excluding carboxylic acids is 1. The number of hydrogen-bond donors (Lipinski definition) is 1. The van der Waals surface area contributed by atoms with Crippen LogP contribution in [0.5, 0.6) is 0 Å². The van der Waals surface area contributed by atoms with Crippen molar-refractivity contribution in [3.8, 4) is 0 Å². The van der Waals surface area contributed by atoms with Crippen molar-refractivity contribution in [3.05, 3.63) is 0 Å². The third-order valence-electron chi connectivity index (χ3n) is 4.23. The van der Waals surface area contributed by atoms with Gasteiger partial charge in [0.1, 0.15) is 0 Å². The van der Waals surface area contributed by atoms with E-state index in [0.29, 0.717) is 0 Å². The van der Waals surface area contributed by atoms with Gasteiger partial charge < -0.3 is 10.0 Å². The average molecular weight is 285 g/mol. The van der Waals surface area contributed by atoms with Crippen LogP contribution in [-0.2, 0) is 9.59 Å². The van der Waals surface area contributed by atoms with Gasteiger partial charge in [0.25, 0.3) is 0 Å². The molecule has 0 aliphatic heterocycles. The zero-order chi connectivity index (χ0) is 15.9. The van der Waals surface area contributed by atoms with Crippen molar-refractivity contribution in [1.29, 1.82) is 0 Å². The van der Waals surface area contributed by atoms with Gasteiger partial charge >= 0.3 is 5.97 Å². The van der Waals surface area contributed by atoms with Crippen molar-refractivity contribution in [1.82, 2.24) is 4.90 Å². The maximum absolute atomic E-state index is 12.5. The van der Waals surface area contributed by atoms with Gasteiger partial charge in [0.05, 0.1) is 5.41 Å². The van der Waals surface area contributed by atoms with E-state index in [2.05, 4.69) is 6.92 Å². The molecule has 0 bridgehead atoms. The van der Waals surface area contributed by atoms with E-state index in [4.69, 9.17) is 0 Å². The third-order valence-corrected chi connectivity index (χ3v) is 4.23. The summed E-state index contributed by atoms with van der Waals surface area (Å²) < 4.78 is 0. The van der Waals surface area contributed by atoms with Crippen molar-refractivity contribution < 1.29 is 14.7 Å². The summed E-state index contributed by atoms with van der Waals surface area (Å²) in [7, 11) is 0. The topological polar surface area (TPSA) is 57.6 Å². The van der Waals surface area contributed by atoms with Crippen LogP contribution in [0.3, 0.4) is 0 Å². The first-order valence-electron chi connectivity index (χ1n) is 7.69. The predicted molar refractivity (Wildman–Crippen MR) is 81.6 cm³/mol. The Morgan fingerprint density at radius 2 is 1.70 bits per heavy atom. The van der Waals surface area contributed by atoms with E-state index in [1.54, 1.807) is 6.92 Å². The van der Waals surface area contributed by atoms with Crippen molar-refractivity contribution in [2.24, 2.45) is 11.3 Å². The molecule has 0 aliphatic carbocycles. The Bertz CT molecular complexity index is 326. The average Bonchev–Trinajstić information content (AvgIpc) is 2.33. The predicted octanol–water partition coefficient (Wildman–Crippen LogP) is 3.55. The molecule has 0 saturated carbocycles. The molecule has 0 aliphatic rings. The quantitative estimate of drug-likeness (QED) is 0.659. The minimum atomic E-state index is -0.991. The van der Waals surface area contributed by atoms with Gasteiger partial charge in [-0.25, -0.2) is 0 Å². The normalized spacial score (nSPS) is 14.4. The molecule has 0 saturated heterocycles. The van der Waals surface area contributed by atoms with Gasteiger partial charge in [0.2, 0.25) is 5.91 Å². The fourth-order valence-electron chi connectivity index (χ4n) is 2.15. The molecule has 0 rings (SSSR count). The number of rotatable bonds is 9. The second-order valence-electron chi connectivity index (χ2n) is 6.44. The van der Waals surface area contributed by atoms with Gasteiger partial charge in [-0.1, -0.05) is 33.6 Å². The van der Waals surface area contributed by atoms with Gasteiger partial charge in [-0.3, -0.25) is 9.59 Å². The molecular weight excluding hydrogens is 254 g/mol. The Morgan fingerprint density at radius 3 is 2.05 bits per heavy atom. The largest absolute Gasteiger partial charge is 0.481 e. The van der Waals surface area contributed by atoms with Crippen molar-refractivity contribution in [3.63, 3.8) is 0 Å². The molecule has 118 valence electrons. The van der Waals surface area contributed by atoms with Crippen molar-refractivity contribution >= 4 is 11.9 Å². The second kappa shape index (κ2) is 8.28. The molecule has 0 aromatic carbocycles. The Balaban J connectivity index is 4.86. The molecule has 0 aromatic rings. The van der Waals surface area contributed by atoms with E-state index in [1.165, 1.54) is 0 Å². The molecule has 0 heterocycles. The lowest BCUT2D eigenvalue weighted by molar-refractivity contribution is -0.156. The number of amides is 1. The van der Waals surface area contributed by atoms with Crippen LogP contribution in [0.4, 0.5) is 0 Å². The van der Waals surface area contributed by atoms with E-state index in [1.807, 2.05) is 32.6 Å². The minimum absolute atomic E-state index is 0.0466. The highest BCUT2D eigenvalue weighted by molar-refractivity contribution is 5.85. The second-order valence-corrected chi connectivity index (χ2v) is 6.44. The van der Waals surface area contributed by atoms with Crippen molar-refractivity contribution in [2.75, 3.05) is 6.54 Å². The minimum Gasteiger partial charge on any atom is -0.481 e. The Labute approximate surface area is 123 Å². The number of nitrogens with zero attached hydrogens (tertiary/aromatic N) is 1. The van der Waals surface area contributed by atoms with Crippen LogP contribution in [0.15, 0.2) is 0 Å². The molecule has 20 heavy (non-hydrogen) atoms. The molecule has 4 nitrogen and oxygen atoms in total. The number of aliphatic carboxylic acids is 1. The van der Waals surface area contributed by atoms with E-state index >= 15 is 0 Å². The summed E-state index contributed by atoms with van der Waals surface area (Å²) in [6.45, 7) is 12.2. The van der Waals surface area contributed by atoms with E-state index < -0.39 is 11.4 Å². The smallest absolute Gasteiger partial charge is 0.310 e. The number of carboxylic acids is 1. The first-order chi connectivity index (χ1) is 9.16. The lowest BCUT2D eigenvalue weighted by atomic mass is 9.76. The van der Waals surface area contributed by atoms with Crippen LogP contribution in [0, 0.1) is 11.3 Å². The fourth-order valence-corrected chi connectivity index (χ4v) is 2.15. The van der Waals surface area contributed by atoms with Crippen LogP contribution >= 0.6 is 0 Å². The van der Waals surface area contributed by atoms with Crippen LogP contribution in [0.25, 0.3) is 0 Å². The molecule has 1 amide bonds. The molecule has 0 fully saturated rings. The number of carbonyl (C=O) groups is 2. The summed E-state index contributed by atoms with van der Waals surface area (Å²) in [5.74, 6) is -1.01. The lowest BCUT2D eigenvalue weighted by Crippen LogP contribution is -2.44. The Kier molecular flexibility index (Phi) is 7.84. The van der Waals surface area contributed by atoms with Crippen LogP contribution in [0.2, 0.25) is 0 Å². The highest BCUT2D eigenvalue weighted by atomic mass is 16.4. The maximum atomic E-state index is 12.5. The highest BCUT2D eigenvalue weighted by Gasteiger charge is 2.40. The molecular formula is C16H31NO3. The van der Waals surface area contributed by atoms with Gasteiger partial charge in [-0.05, 0) is 33.1 Å². The maximum Gasteiger partial charge on any atom is 0.310 e.